The fourth-order valence-corrected chi connectivity index (χ4v) is 3.97. The predicted octanol–water partition coefficient (Wildman–Crippen LogP) is 0.641. The lowest BCUT2D eigenvalue weighted by molar-refractivity contribution is 0.0282. The molecule has 4 atom stereocenters. The number of likely N-dealkylation sites (N-methyl/N-ethyl adjacent to an activating group) is 1. The Balaban J connectivity index is 1.55. The van der Waals surface area contributed by atoms with Crippen LogP contribution >= 0.6 is 0 Å². The summed E-state index contributed by atoms with van der Waals surface area (Å²) in [7, 11) is 2.20. The van der Waals surface area contributed by atoms with Gasteiger partial charge in [-0.3, -0.25) is 0 Å². The summed E-state index contributed by atoms with van der Waals surface area (Å²) < 4.78 is 0. The molecule has 1 aliphatic heterocycles. The molecular formula is C13H24N2O. The van der Waals surface area contributed by atoms with Crippen LogP contribution in [-0.4, -0.2) is 60.8 Å². The summed E-state index contributed by atoms with van der Waals surface area (Å²) in [5.74, 6) is 2.06. The quantitative estimate of drug-likeness (QED) is 0.746. The van der Waals surface area contributed by atoms with Crippen molar-refractivity contribution < 1.29 is 5.11 Å². The first-order valence-corrected chi connectivity index (χ1v) is 6.83. The maximum atomic E-state index is 10.2. The van der Waals surface area contributed by atoms with E-state index in [0.717, 1.165) is 12.5 Å². The molecule has 0 aromatic heterocycles. The van der Waals surface area contributed by atoms with Crippen LogP contribution in [0.1, 0.15) is 19.3 Å². The van der Waals surface area contributed by atoms with E-state index in [-0.39, 0.29) is 6.10 Å². The van der Waals surface area contributed by atoms with E-state index >= 15 is 0 Å². The first kappa shape index (κ1) is 11.0. The van der Waals surface area contributed by atoms with E-state index in [4.69, 9.17) is 0 Å². The molecule has 0 aromatic carbocycles. The standard InChI is InChI=1S/C13H24N2O/c1-14-4-6-15(7-5-14)9-12-10-2-3-11(8-10)13(12)16/h10-13,16H,2-9H2,1H3/t10-,11-,12+,13-/m0/s1. The molecule has 3 heteroatoms. The molecule has 0 unspecified atom stereocenters. The number of hydrogen-bond donors (Lipinski definition) is 1. The van der Waals surface area contributed by atoms with Gasteiger partial charge in [0.05, 0.1) is 6.10 Å². The summed E-state index contributed by atoms with van der Waals surface area (Å²) in [5, 5.41) is 10.2. The van der Waals surface area contributed by atoms with Gasteiger partial charge in [0, 0.05) is 38.6 Å². The minimum atomic E-state index is 0.0124. The lowest BCUT2D eigenvalue weighted by Gasteiger charge is -2.37. The van der Waals surface area contributed by atoms with Crippen molar-refractivity contribution in [3.8, 4) is 0 Å². The minimum absolute atomic E-state index is 0.0124. The maximum absolute atomic E-state index is 10.2. The summed E-state index contributed by atoms with van der Waals surface area (Å²) >= 11 is 0. The molecule has 1 N–H and O–H groups in total. The number of aliphatic hydroxyl groups excluding tert-OH is 1. The minimum Gasteiger partial charge on any atom is -0.392 e. The van der Waals surface area contributed by atoms with Gasteiger partial charge in [0.15, 0.2) is 0 Å². The van der Waals surface area contributed by atoms with Crippen LogP contribution in [0.25, 0.3) is 0 Å². The SMILES string of the molecule is CN1CCN(C[C@@H]2[C@H]3CC[C@@H](C3)[C@@H]2O)CC1. The summed E-state index contributed by atoms with van der Waals surface area (Å²) in [6, 6.07) is 0. The molecule has 3 nitrogen and oxygen atoms in total. The number of nitrogens with zero attached hydrogens (tertiary/aromatic N) is 2. The van der Waals surface area contributed by atoms with Gasteiger partial charge in [0.25, 0.3) is 0 Å². The third-order valence-electron chi connectivity index (χ3n) is 5.11. The molecule has 1 heterocycles. The summed E-state index contributed by atoms with van der Waals surface area (Å²) in [5.41, 5.74) is 0. The normalized spacial score (nSPS) is 45.4. The molecule has 16 heavy (non-hydrogen) atoms. The fraction of sp³-hybridized carbons (Fsp3) is 1.00. The van der Waals surface area contributed by atoms with Crippen molar-refractivity contribution in [1.82, 2.24) is 9.80 Å². The molecular weight excluding hydrogens is 200 g/mol. The molecule has 0 spiro atoms. The van der Waals surface area contributed by atoms with E-state index < -0.39 is 0 Å². The van der Waals surface area contributed by atoms with Crippen molar-refractivity contribution in [3.05, 3.63) is 0 Å². The number of rotatable bonds is 2. The molecule has 2 bridgehead atoms. The van der Waals surface area contributed by atoms with Gasteiger partial charge in [-0.25, -0.2) is 0 Å². The number of aliphatic hydroxyl groups is 1. The lowest BCUT2D eigenvalue weighted by Crippen LogP contribution is -2.48. The molecule has 2 saturated carbocycles. The van der Waals surface area contributed by atoms with Gasteiger partial charge in [-0.1, -0.05) is 0 Å². The number of piperazine rings is 1. The van der Waals surface area contributed by atoms with Gasteiger partial charge >= 0.3 is 0 Å². The van der Waals surface area contributed by atoms with E-state index in [1.54, 1.807) is 0 Å². The lowest BCUT2D eigenvalue weighted by atomic mass is 9.86. The second kappa shape index (κ2) is 4.28. The topological polar surface area (TPSA) is 26.7 Å². The Kier molecular flexibility index (Phi) is 2.94. The summed E-state index contributed by atoms with van der Waals surface area (Å²) in [6.45, 7) is 5.91. The highest BCUT2D eigenvalue weighted by atomic mass is 16.3. The molecule has 0 radical (unpaired) electrons. The van der Waals surface area contributed by atoms with Crippen LogP contribution in [0.3, 0.4) is 0 Å². The van der Waals surface area contributed by atoms with E-state index in [1.165, 1.54) is 45.4 Å². The van der Waals surface area contributed by atoms with Crippen LogP contribution < -0.4 is 0 Å². The first-order valence-electron chi connectivity index (χ1n) is 6.83. The van der Waals surface area contributed by atoms with Gasteiger partial charge < -0.3 is 14.9 Å². The number of hydrogen-bond acceptors (Lipinski definition) is 3. The Morgan fingerprint density at radius 2 is 1.75 bits per heavy atom. The second-order valence-corrected chi connectivity index (χ2v) is 6.09. The van der Waals surface area contributed by atoms with Crippen molar-refractivity contribution in [1.29, 1.82) is 0 Å². The summed E-state index contributed by atoms with van der Waals surface area (Å²) in [6.07, 6.45) is 3.98. The molecule has 3 rings (SSSR count). The molecule has 0 aromatic rings. The van der Waals surface area contributed by atoms with Crippen molar-refractivity contribution in [2.24, 2.45) is 17.8 Å². The van der Waals surface area contributed by atoms with E-state index in [1.807, 2.05) is 0 Å². The van der Waals surface area contributed by atoms with E-state index in [2.05, 4.69) is 16.8 Å². The van der Waals surface area contributed by atoms with Crippen LogP contribution in [0.15, 0.2) is 0 Å². The smallest absolute Gasteiger partial charge is 0.0611 e. The zero-order chi connectivity index (χ0) is 11.1. The molecule has 3 aliphatic rings. The third kappa shape index (κ3) is 1.89. The zero-order valence-electron chi connectivity index (χ0n) is 10.3. The number of fused-ring (bicyclic) bond motifs is 2. The first-order chi connectivity index (χ1) is 7.74. The van der Waals surface area contributed by atoms with Gasteiger partial charge in [-0.15, -0.1) is 0 Å². The largest absolute Gasteiger partial charge is 0.392 e. The molecule has 3 fully saturated rings. The predicted molar refractivity (Wildman–Crippen MR) is 64.3 cm³/mol. The van der Waals surface area contributed by atoms with Crippen LogP contribution in [0.2, 0.25) is 0 Å². The average Bonchev–Trinajstić information content (AvgIpc) is 2.85. The zero-order valence-corrected chi connectivity index (χ0v) is 10.3. The van der Waals surface area contributed by atoms with Crippen molar-refractivity contribution in [2.75, 3.05) is 39.8 Å². The fourth-order valence-electron chi connectivity index (χ4n) is 3.97. The van der Waals surface area contributed by atoms with Gasteiger partial charge in [-0.05, 0) is 38.1 Å². The Morgan fingerprint density at radius 3 is 2.38 bits per heavy atom. The van der Waals surface area contributed by atoms with Gasteiger partial charge in [-0.2, -0.15) is 0 Å². The van der Waals surface area contributed by atoms with Crippen molar-refractivity contribution in [2.45, 2.75) is 25.4 Å². The highest BCUT2D eigenvalue weighted by Gasteiger charge is 2.47. The monoisotopic (exact) mass is 224 g/mol. The Labute approximate surface area is 98.4 Å². The highest BCUT2D eigenvalue weighted by molar-refractivity contribution is 4.97. The summed E-state index contributed by atoms with van der Waals surface area (Å²) in [4.78, 5) is 4.96. The second-order valence-electron chi connectivity index (χ2n) is 6.09. The maximum Gasteiger partial charge on any atom is 0.0611 e. The van der Waals surface area contributed by atoms with Crippen molar-refractivity contribution >= 4 is 0 Å². The van der Waals surface area contributed by atoms with Gasteiger partial charge in [0.2, 0.25) is 0 Å². The van der Waals surface area contributed by atoms with E-state index in [0.29, 0.717) is 11.8 Å². The third-order valence-corrected chi connectivity index (χ3v) is 5.11. The van der Waals surface area contributed by atoms with Crippen LogP contribution in [0, 0.1) is 17.8 Å². The molecule has 1 saturated heterocycles. The Hall–Kier alpha value is -0.120. The Bertz CT molecular complexity index is 248. The van der Waals surface area contributed by atoms with Crippen molar-refractivity contribution in [3.63, 3.8) is 0 Å². The highest BCUT2D eigenvalue weighted by Crippen LogP contribution is 2.48. The van der Waals surface area contributed by atoms with Gasteiger partial charge in [0.1, 0.15) is 0 Å². The average molecular weight is 224 g/mol. The van der Waals surface area contributed by atoms with Crippen LogP contribution in [0.4, 0.5) is 0 Å². The van der Waals surface area contributed by atoms with Crippen LogP contribution in [0.5, 0.6) is 0 Å². The van der Waals surface area contributed by atoms with Crippen LogP contribution in [-0.2, 0) is 0 Å². The van der Waals surface area contributed by atoms with E-state index in [9.17, 15) is 5.11 Å². The molecule has 92 valence electrons. The molecule has 0 amide bonds. The molecule has 2 aliphatic carbocycles. The Morgan fingerprint density at radius 1 is 1.06 bits per heavy atom.